The number of hydrogen-bond donors (Lipinski definition) is 2. The van der Waals surface area contributed by atoms with Crippen molar-refractivity contribution in [2.45, 2.75) is 6.92 Å². The van der Waals surface area contributed by atoms with E-state index in [9.17, 15) is 4.79 Å². The number of rotatable bonds is 5. The fraction of sp³-hybridized carbons (Fsp3) is 0.0556. The van der Waals surface area contributed by atoms with Crippen molar-refractivity contribution < 1.29 is 4.79 Å². The quantitative estimate of drug-likeness (QED) is 0.550. The third kappa shape index (κ3) is 3.43. The van der Waals surface area contributed by atoms with Gasteiger partial charge < -0.3 is 0 Å². The second-order valence-corrected chi connectivity index (χ2v) is 5.28. The maximum Gasteiger partial charge on any atom is 0.225 e. The predicted octanol–water partition coefficient (Wildman–Crippen LogP) is 2.46. The topological polar surface area (TPSA) is 104 Å². The molecule has 2 aromatic heterocycles. The molecule has 0 saturated carbocycles. The van der Waals surface area contributed by atoms with E-state index < -0.39 is 0 Å². The zero-order valence-electron chi connectivity index (χ0n) is 13.4. The van der Waals surface area contributed by atoms with Crippen molar-refractivity contribution in [2.24, 2.45) is 0 Å². The van der Waals surface area contributed by atoms with Crippen LogP contribution in [-0.2, 0) is 4.79 Å². The Labute approximate surface area is 144 Å². The molecule has 7 nitrogen and oxygen atoms in total. The van der Waals surface area contributed by atoms with Gasteiger partial charge in [0.15, 0.2) is 5.82 Å². The van der Waals surface area contributed by atoms with Gasteiger partial charge in [0.25, 0.3) is 0 Å². The standard InChI is InChI=1S/C18H14N6O/c1-12-2-4-13(5-3-12)16-10-21-23-18(24-22-11-25)17(16)14-6-7-15(8-19)20-9-14/h2-7,9-11H,1H3,(H,22,25)(H,23,24). The van der Waals surface area contributed by atoms with E-state index in [1.54, 1.807) is 24.5 Å². The van der Waals surface area contributed by atoms with Gasteiger partial charge in [0.2, 0.25) is 6.41 Å². The Morgan fingerprint density at radius 2 is 1.84 bits per heavy atom. The monoisotopic (exact) mass is 330 g/mol. The van der Waals surface area contributed by atoms with Crippen LogP contribution in [0.2, 0.25) is 0 Å². The van der Waals surface area contributed by atoms with E-state index in [4.69, 9.17) is 5.26 Å². The van der Waals surface area contributed by atoms with Gasteiger partial charge >= 0.3 is 0 Å². The van der Waals surface area contributed by atoms with Crippen LogP contribution in [-0.4, -0.2) is 21.6 Å². The number of nitrogens with zero attached hydrogens (tertiary/aromatic N) is 4. The van der Waals surface area contributed by atoms with Gasteiger partial charge in [-0.15, -0.1) is 5.10 Å². The number of nitriles is 1. The highest BCUT2D eigenvalue weighted by Crippen LogP contribution is 2.35. The van der Waals surface area contributed by atoms with Crippen LogP contribution < -0.4 is 10.9 Å². The first-order valence-corrected chi connectivity index (χ1v) is 7.47. The number of hydrazine groups is 1. The minimum Gasteiger partial charge on any atom is -0.280 e. The van der Waals surface area contributed by atoms with Gasteiger partial charge in [-0.05, 0) is 24.6 Å². The number of benzene rings is 1. The molecule has 0 unspecified atom stereocenters. The van der Waals surface area contributed by atoms with Crippen molar-refractivity contribution in [2.75, 3.05) is 5.43 Å². The molecule has 7 heteroatoms. The number of carbonyl (C=O) groups is 1. The van der Waals surface area contributed by atoms with E-state index in [2.05, 4.69) is 26.0 Å². The number of pyridine rings is 1. The molecule has 2 N–H and O–H groups in total. The average Bonchev–Trinajstić information content (AvgIpc) is 2.67. The Morgan fingerprint density at radius 1 is 1.08 bits per heavy atom. The highest BCUT2D eigenvalue weighted by Gasteiger charge is 2.15. The van der Waals surface area contributed by atoms with Crippen molar-refractivity contribution in [3.05, 3.63) is 60.0 Å². The lowest BCUT2D eigenvalue weighted by Crippen LogP contribution is -2.21. The van der Waals surface area contributed by atoms with Crippen LogP contribution in [0.3, 0.4) is 0 Å². The second kappa shape index (κ2) is 7.19. The van der Waals surface area contributed by atoms with E-state index in [0.717, 1.165) is 27.8 Å². The van der Waals surface area contributed by atoms with Crippen LogP contribution >= 0.6 is 0 Å². The van der Waals surface area contributed by atoms with Crippen LogP contribution in [0.5, 0.6) is 0 Å². The molecule has 0 saturated heterocycles. The van der Waals surface area contributed by atoms with E-state index in [0.29, 0.717) is 17.9 Å². The first-order chi connectivity index (χ1) is 12.2. The first-order valence-electron chi connectivity index (χ1n) is 7.47. The summed E-state index contributed by atoms with van der Waals surface area (Å²) >= 11 is 0. The molecule has 0 atom stereocenters. The van der Waals surface area contributed by atoms with E-state index in [1.807, 2.05) is 37.3 Å². The van der Waals surface area contributed by atoms with Gasteiger partial charge in [0.05, 0.1) is 6.20 Å². The van der Waals surface area contributed by atoms with E-state index >= 15 is 0 Å². The number of amides is 1. The molecule has 0 fully saturated rings. The minimum atomic E-state index is 0.322. The Kier molecular flexibility index (Phi) is 4.62. The highest BCUT2D eigenvalue weighted by atomic mass is 16.1. The molecular weight excluding hydrogens is 316 g/mol. The molecule has 0 aliphatic rings. The molecular formula is C18H14N6O. The molecule has 2 heterocycles. The van der Waals surface area contributed by atoms with Crippen molar-refractivity contribution in [1.29, 1.82) is 5.26 Å². The average molecular weight is 330 g/mol. The molecule has 122 valence electrons. The Balaban J connectivity index is 2.18. The molecule has 0 bridgehead atoms. The Bertz CT molecular complexity index is 929. The predicted molar refractivity (Wildman–Crippen MR) is 93.0 cm³/mol. The van der Waals surface area contributed by atoms with Crippen molar-refractivity contribution in [3.8, 4) is 28.3 Å². The first kappa shape index (κ1) is 16.1. The van der Waals surface area contributed by atoms with Crippen LogP contribution in [0.25, 0.3) is 22.3 Å². The van der Waals surface area contributed by atoms with Gasteiger partial charge in [0.1, 0.15) is 11.8 Å². The number of aromatic nitrogens is 3. The molecule has 25 heavy (non-hydrogen) atoms. The van der Waals surface area contributed by atoms with Crippen LogP contribution in [0, 0.1) is 18.3 Å². The third-order valence-electron chi connectivity index (χ3n) is 3.63. The Morgan fingerprint density at radius 3 is 2.48 bits per heavy atom. The Hall–Kier alpha value is -3.79. The van der Waals surface area contributed by atoms with Gasteiger partial charge in [-0.1, -0.05) is 29.8 Å². The van der Waals surface area contributed by atoms with Gasteiger partial charge in [-0.3, -0.25) is 15.6 Å². The summed E-state index contributed by atoms with van der Waals surface area (Å²) in [5.41, 5.74) is 9.84. The summed E-state index contributed by atoms with van der Waals surface area (Å²) in [6, 6.07) is 13.4. The lowest BCUT2D eigenvalue weighted by Gasteiger charge is -2.14. The largest absolute Gasteiger partial charge is 0.280 e. The van der Waals surface area contributed by atoms with Crippen molar-refractivity contribution in [3.63, 3.8) is 0 Å². The lowest BCUT2D eigenvalue weighted by atomic mass is 9.97. The molecule has 3 aromatic rings. The maximum absolute atomic E-state index is 10.6. The highest BCUT2D eigenvalue weighted by molar-refractivity contribution is 5.89. The second-order valence-electron chi connectivity index (χ2n) is 5.28. The van der Waals surface area contributed by atoms with Crippen LogP contribution in [0.1, 0.15) is 11.3 Å². The fourth-order valence-electron chi connectivity index (χ4n) is 2.42. The summed E-state index contributed by atoms with van der Waals surface area (Å²) in [4.78, 5) is 14.7. The van der Waals surface area contributed by atoms with Crippen molar-refractivity contribution >= 4 is 12.2 Å². The summed E-state index contributed by atoms with van der Waals surface area (Å²) < 4.78 is 0. The normalized spacial score (nSPS) is 9.92. The van der Waals surface area contributed by atoms with E-state index in [-0.39, 0.29) is 0 Å². The number of carbonyl (C=O) groups excluding carboxylic acids is 1. The smallest absolute Gasteiger partial charge is 0.225 e. The summed E-state index contributed by atoms with van der Waals surface area (Å²) in [6.07, 6.45) is 3.77. The number of nitrogens with one attached hydrogen (secondary N) is 2. The molecule has 1 aromatic carbocycles. The molecule has 1 amide bonds. The summed E-state index contributed by atoms with van der Waals surface area (Å²) in [7, 11) is 0. The van der Waals surface area contributed by atoms with E-state index in [1.165, 1.54) is 0 Å². The van der Waals surface area contributed by atoms with Gasteiger partial charge in [-0.25, -0.2) is 4.98 Å². The number of anilines is 1. The number of aryl methyl sites for hydroxylation is 1. The van der Waals surface area contributed by atoms with Gasteiger partial charge in [0, 0.05) is 22.9 Å². The molecule has 0 aliphatic carbocycles. The van der Waals surface area contributed by atoms with Crippen molar-refractivity contribution in [1.82, 2.24) is 20.6 Å². The molecule has 3 rings (SSSR count). The lowest BCUT2D eigenvalue weighted by molar-refractivity contribution is -0.109. The maximum atomic E-state index is 10.6. The summed E-state index contributed by atoms with van der Waals surface area (Å²) in [5, 5.41) is 17.0. The minimum absolute atomic E-state index is 0.322. The summed E-state index contributed by atoms with van der Waals surface area (Å²) in [6.45, 7) is 2.01. The summed E-state index contributed by atoms with van der Waals surface area (Å²) in [5.74, 6) is 0.386. The number of hydrogen-bond acceptors (Lipinski definition) is 6. The molecule has 0 aliphatic heterocycles. The van der Waals surface area contributed by atoms with Gasteiger partial charge in [-0.2, -0.15) is 10.4 Å². The zero-order valence-corrected chi connectivity index (χ0v) is 13.4. The fourth-order valence-corrected chi connectivity index (χ4v) is 2.42. The SMILES string of the molecule is Cc1ccc(-c2cnnc(NNC=O)c2-c2ccc(C#N)nc2)cc1. The molecule has 0 radical (unpaired) electrons. The zero-order chi connectivity index (χ0) is 17.6. The third-order valence-corrected chi connectivity index (χ3v) is 3.63. The van der Waals surface area contributed by atoms with Crippen LogP contribution in [0.4, 0.5) is 5.82 Å². The van der Waals surface area contributed by atoms with Crippen LogP contribution in [0.15, 0.2) is 48.8 Å². The molecule has 0 spiro atoms.